The predicted molar refractivity (Wildman–Crippen MR) is 120 cm³/mol. The van der Waals surface area contributed by atoms with Gasteiger partial charge in [-0.25, -0.2) is 0 Å². The van der Waals surface area contributed by atoms with Gasteiger partial charge in [-0.3, -0.25) is 4.79 Å². The topological polar surface area (TPSA) is 73.6 Å². The fourth-order valence-corrected chi connectivity index (χ4v) is 3.79. The van der Waals surface area contributed by atoms with Crippen LogP contribution in [0.15, 0.2) is 65.6 Å². The average Bonchev–Trinajstić information content (AvgIpc) is 2.75. The van der Waals surface area contributed by atoms with Crippen molar-refractivity contribution in [2.45, 2.75) is 11.8 Å². The van der Waals surface area contributed by atoms with Gasteiger partial charge >= 0.3 is 0 Å². The van der Waals surface area contributed by atoms with Crippen LogP contribution in [0.3, 0.4) is 0 Å². The second-order valence-corrected chi connectivity index (χ2v) is 7.56. The molecule has 150 valence electrons. The molecule has 0 heterocycles. The van der Waals surface area contributed by atoms with Gasteiger partial charge in [-0.15, -0.1) is 11.8 Å². The van der Waals surface area contributed by atoms with Crippen molar-refractivity contribution in [3.05, 3.63) is 66.2 Å². The van der Waals surface area contributed by atoms with Crippen LogP contribution in [0.2, 0.25) is 0 Å². The smallest absolute Gasteiger partial charge is 0.256 e. The summed E-state index contributed by atoms with van der Waals surface area (Å²) in [5.74, 6) is 1.92. The van der Waals surface area contributed by atoms with Crippen molar-refractivity contribution in [3.63, 3.8) is 0 Å². The molecule has 3 rings (SSSR count). The quantitative estimate of drug-likeness (QED) is 0.409. The van der Waals surface area contributed by atoms with E-state index in [1.165, 1.54) is 0 Å². The molecule has 0 aromatic heterocycles. The largest absolute Gasteiger partial charge is 0.495 e. The van der Waals surface area contributed by atoms with Crippen LogP contribution < -0.4 is 20.5 Å². The Labute approximate surface area is 175 Å². The summed E-state index contributed by atoms with van der Waals surface area (Å²) in [6.45, 7) is 2.06. The monoisotopic (exact) mass is 408 g/mol. The van der Waals surface area contributed by atoms with E-state index in [0.29, 0.717) is 28.4 Å². The van der Waals surface area contributed by atoms with Crippen molar-refractivity contribution in [3.8, 4) is 22.6 Å². The lowest BCUT2D eigenvalue weighted by Gasteiger charge is -2.14. The molecule has 0 bridgehead atoms. The van der Waals surface area contributed by atoms with E-state index < -0.39 is 0 Å². The van der Waals surface area contributed by atoms with Crippen molar-refractivity contribution in [2.75, 3.05) is 31.0 Å². The fourth-order valence-electron chi connectivity index (χ4n) is 2.99. The van der Waals surface area contributed by atoms with Crippen molar-refractivity contribution in [1.82, 2.24) is 0 Å². The van der Waals surface area contributed by atoms with Crippen molar-refractivity contribution < 1.29 is 14.3 Å². The predicted octanol–water partition coefficient (Wildman–Crippen LogP) is 5.32. The molecular weight excluding hydrogens is 384 g/mol. The molecule has 0 saturated heterocycles. The van der Waals surface area contributed by atoms with E-state index in [0.717, 1.165) is 21.8 Å². The van der Waals surface area contributed by atoms with Gasteiger partial charge in [0.1, 0.15) is 11.5 Å². The van der Waals surface area contributed by atoms with Crippen LogP contribution in [0, 0.1) is 0 Å². The van der Waals surface area contributed by atoms with Crippen LogP contribution in [0.4, 0.5) is 11.4 Å². The van der Waals surface area contributed by atoms with E-state index >= 15 is 0 Å². The van der Waals surface area contributed by atoms with Crippen molar-refractivity contribution >= 4 is 29.0 Å². The highest BCUT2D eigenvalue weighted by Gasteiger charge is 2.14. The number of thioether (sulfide) groups is 1. The number of nitrogens with one attached hydrogen (secondary N) is 1. The summed E-state index contributed by atoms with van der Waals surface area (Å²) in [6, 6.07) is 18.8. The van der Waals surface area contributed by atoms with Gasteiger partial charge in [0.25, 0.3) is 5.91 Å². The molecule has 3 N–H and O–H groups in total. The second-order valence-electron chi connectivity index (χ2n) is 6.26. The van der Waals surface area contributed by atoms with E-state index in [4.69, 9.17) is 15.2 Å². The van der Waals surface area contributed by atoms with Gasteiger partial charge in [-0.1, -0.05) is 31.2 Å². The number of hydrogen-bond acceptors (Lipinski definition) is 5. The number of nitrogen functional groups attached to an aromatic ring is 1. The number of nitrogens with two attached hydrogens (primary N) is 1. The summed E-state index contributed by atoms with van der Waals surface area (Å²) >= 11 is 1.64. The Hall–Kier alpha value is -3.12. The first kappa shape index (κ1) is 20.6. The van der Waals surface area contributed by atoms with Crippen molar-refractivity contribution in [1.29, 1.82) is 0 Å². The maximum atomic E-state index is 12.8. The van der Waals surface area contributed by atoms with Gasteiger partial charge in [0, 0.05) is 4.90 Å². The second kappa shape index (κ2) is 9.39. The van der Waals surface area contributed by atoms with Gasteiger partial charge in [0.15, 0.2) is 0 Å². The van der Waals surface area contributed by atoms with Crippen LogP contribution in [-0.2, 0) is 0 Å². The maximum Gasteiger partial charge on any atom is 0.256 e. The Morgan fingerprint density at radius 3 is 2.31 bits per heavy atom. The summed E-state index contributed by atoms with van der Waals surface area (Å²) in [4.78, 5) is 13.8. The number of hydrogen-bond donors (Lipinski definition) is 2. The molecule has 0 radical (unpaired) electrons. The zero-order valence-corrected chi connectivity index (χ0v) is 17.5. The summed E-state index contributed by atoms with van der Waals surface area (Å²) in [6.07, 6.45) is 0. The Kier molecular flexibility index (Phi) is 6.67. The number of carbonyl (C=O) groups is 1. The summed E-state index contributed by atoms with van der Waals surface area (Å²) in [5.41, 5.74) is 9.61. The van der Waals surface area contributed by atoms with Crippen LogP contribution in [0.25, 0.3) is 11.1 Å². The first-order chi connectivity index (χ1) is 14.1. The molecule has 3 aromatic carbocycles. The van der Waals surface area contributed by atoms with E-state index in [9.17, 15) is 4.79 Å². The third-order valence-electron chi connectivity index (χ3n) is 4.45. The number of ether oxygens (including phenoxy) is 2. The number of benzene rings is 3. The molecule has 0 aliphatic carbocycles. The SMILES string of the molecule is CCSc1ccccc1C(=O)Nc1ccc(-c2ccc(N)c(OC)c2)cc1OC. The number of amides is 1. The number of anilines is 2. The van der Waals surface area contributed by atoms with Gasteiger partial charge in [-0.2, -0.15) is 0 Å². The first-order valence-electron chi connectivity index (χ1n) is 9.22. The molecule has 0 atom stereocenters. The molecule has 0 fully saturated rings. The van der Waals surface area contributed by atoms with Gasteiger partial charge < -0.3 is 20.5 Å². The standard InChI is InChI=1S/C23H24N2O3S/c1-4-29-22-8-6-5-7-17(22)23(26)25-19-12-10-16(14-21(19)28-3)15-9-11-18(24)20(13-15)27-2/h5-14H,4,24H2,1-3H3,(H,25,26). The van der Waals surface area contributed by atoms with Gasteiger partial charge in [-0.05, 0) is 53.3 Å². The van der Waals surface area contributed by atoms with E-state index in [-0.39, 0.29) is 5.91 Å². The normalized spacial score (nSPS) is 10.4. The van der Waals surface area contributed by atoms with E-state index in [2.05, 4.69) is 12.2 Å². The van der Waals surface area contributed by atoms with Gasteiger partial charge in [0.2, 0.25) is 0 Å². The summed E-state index contributed by atoms with van der Waals surface area (Å²) in [7, 11) is 3.17. The third kappa shape index (κ3) is 4.66. The molecular formula is C23H24N2O3S. The van der Waals surface area contributed by atoms with Crippen LogP contribution in [-0.4, -0.2) is 25.9 Å². The maximum absolute atomic E-state index is 12.8. The Bertz CT molecular complexity index is 1020. The van der Waals surface area contributed by atoms with Crippen LogP contribution in [0.1, 0.15) is 17.3 Å². The van der Waals surface area contributed by atoms with Gasteiger partial charge in [0.05, 0.1) is 31.2 Å². The molecule has 5 nitrogen and oxygen atoms in total. The minimum absolute atomic E-state index is 0.165. The molecule has 0 unspecified atom stereocenters. The fraction of sp³-hybridized carbons (Fsp3) is 0.174. The van der Waals surface area contributed by atoms with Crippen molar-refractivity contribution in [2.24, 2.45) is 0 Å². The molecule has 0 spiro atoms. The number of rotatable bonds is 7. The lowest BCUT2D eigenvalue weighted by Crippen LogP contribution is -2.13. The lowest BCUT2D eigenvalue weighted by molar-refractivity contribution is 0.102. The molecule has 29 heavy (non-hydrogen) atoms. The Balaban J connectivity index is 1.89. The van der Waals surface area contributed by atoms with E-state index in [1.54, 1.807) is 32.0 Å². The Morgan fingerprint density at radius 1 is 0.966 bits per heavy atom. The minimum Gasteiger partial charge on any atom is -0.495 e. The van der Waals surface area contributed by atoms with E-state index in [1.807, 2.05) is 54.6 Å². The average molecular weight is 409 g/mol. The molecule has 0 saturated carbocycles. The first-order valence-corrected chi connectivity index (χ1v) is 10.2. The summed E-state index contributed by atoms with van der Waals surface area (Å²) in [5, 5.41) is 2.96. The molecule has 0 aliphatic heterocycles. The highest BCUT2D eigenvalue weighted by molar-refractivity contribution is 7.99. The van der Waals surface area contributed by atoms with Crippen LogP contribution in [0.5, 0.6) is 11.5 Å². The number of carbonyl (C=O) groups excluding carboxylic acids is 1. The highest BCUT2D eigenvalue weighted by Crippen LogP contribution is 2.34. The summed E-state index contributed by atoms with van der Waals surface area (Å²) < 4.78 is 10.8. The molecule has 3 aromatic rings. The molecule has 0 aliphatic rings. The zero-order valence-electron chi connectivity index (χ0n) is 16.7. The molecule has 1 amide bonds. The Morgan fingerprint density at radius 2 is 1.62 bits per heavy atom. The number of methoxy groups -OCH3 is 2. The zero-order chi connectivity index (χ0) is 20.8. The van der Waals surface area contributed by atoms with Crippen LogP contribution >= 0.6 is 11.8 Å². The molecule has 6 heteroatoms. The lowest BCUT2D eigenvalue weighted by atomic mass is 10.0. The third-order valence-corrected chi connectivity index (χ3v) is 5.40. The minimum atomic E-state index is -0.165. The highest BCUT2D eigenvalue weighted by atomic mass is 32.2.